The summed E-state index contributed by atoms with van der Waals surface area (Å²) in [5, 5.41) is 4.59. The molecule has 9 aromatic carbocycles. The van der Waals surface area contributed by atoms with E-state index in [0.717, 1.165) is 95.8 Å². The highest BCUT2D eigenvalue weighted by atomic mass is 16.3. The van der Waals surface area contributed by atoms with E-state index in [1.807, 2.05) is 6.20 Å². The number of aryl methyl sites for hydroxylation is 1. The largest absolute Gasteiger partial charge is 0.455 e. The smallest absolute Gasteiger partial charge is 0.143 e. The highest BCUT2D eigenvalue weighted by molar-refractivity contribution is 6.13. The van der Waals surface area contributed by atoms with Gasteiger partial charge in [0.2, 0.25) is 0 Å². The summed E-state index contributed by atoms with van der Waals surface area (Å²) in [6, 6.07) is 67.3. The van der Waals surface area contributed by atoms with Gasteiger partial charge in [0.25, 0.3) is 0 Å². The molecule has 12 rings (SSSR count). The normalized spacial score (nSPS) is 12.4. The van der Waals surface area contributed by atoms with E-state index in [1.165, 1.54) is 38.8 Å². The van der Waals surface area contributed by atoms with E-state index in [0.29, 0.717) is 0 Å². The summed E-state index contributed by atoms with van der Waals surface area (Å²) in [6.45, 7) is 0. The SMILES string of the molecule is C1=Cc2c(c3ccccc3c3nc(-c4cccc(-c5cc(-c6ccc(-c7ccccc7)cc6)cc6c5oc5ccc(-c7ccc(-c8ccccc8)cc7)cc56)c4)cnc23)CC1. The predicted molar refractivity (Wildman–Crippen MR) is 254 cm³/mol. The molecule has 286 valence electrons. The first-order chi connectivity index (χ1) is 30.2. The summed E-state index contributed by atoms with van der Waals surface area (Å²) in [5.74, 6) is 0. The molecular formula is C58H38N2O. The van der Waals surface area contributed by atoms with Gasteiger partial charge in [-0.3, -0.25) is 4.98 Å². The topological polar surface area (TPSA) is 38.9 Å². The first-order valence-corrected chi connectivity index (χ1v) is 21.0. The lowest BCUT2D eigenvalue weighted by Gasteiger charge is -2.17. The molecular weight excluding hydrogens is 741 g/mol. The van der Waals surface area contributed by atoms with Crippen LogP contribution in [0.4, 0.5) is 0 Å². The van der Waals surface area contributed by atoms with Crippen molar-refractivity contribution < 1.29 is 4.42 Å². The maximum Gasteiger partial charge on any atom is 0.143 e. The van der Waals surface area contributed by atoms with Gasteiger partial charge < -0.3 is 4.42 Å². The Balaban J connectivity index is 1.01. The zero-order chi connectivity index (χ0) is 40.3. The molecule has 11 aromatic rings. The van der Waals surface area contributed by atoms with Gasteiger partial charge in [0.1, 0.15) is 11.2 Å². The van der Waals surface area contributed by atoms with Crippen LogP contribution in [0.3, 0.4) is 0 Å². The molecule has 0 spiro atoms. The van der Waals surface area contributed by atoms with Crippen molar-refractivity contribution >= 4 is 49.8 Å². The van der Waals surface area contributed by atoms with Crippen LogP contribution in [0, 0.1) is 0 Å². The fourth-order valence-corrected chi connectivity index (χ4v) is 9.29. The van der Waals surface area contributed by atoms with Gasteiger partial charge in [-0.1, -0.05) is 170 Å². The number of aromatic nitrogens is 2. The molecule has 0 amide bonds. The van der Waals surface area contributed by atoms with Crippen molar-refractivity contribution in [3.8, 4) is 66.9 Å². The Hall–Kier alpha value is -7.88. The van der Waals surface area contributed by atoms with E-state index in [1.54, 1.807) is 0 Å². The zero-order valence-corrected chi connectivity index (χ0v) is 33.3. The van der Waals surface area contributed by atoms with Crippen molar-refractivity contribution in [1.29, 1.82) is 0 Å². The molecule has 0 radical (unpaired) electrons. The summed E-state index contributed by atoms with van der Waals surface area (Å²) in [7, 11) is 0. The molecule has 0 atom stereocenters. The van der Waals surface area contributed by atoms with Gasteiger partial charge >= 0.3 is 0 Å². The molecule has 1 aliphatic rings. The van der Waals surface area contributed by atoms with Crippen molar-refractivity contribution in [3.05, 3.63) is 211 Å². The second-order valence-corrected chi connectivity index (χ2v) is 16.0. The highest BCUT2D eigenvalue weighted by Crippen LogP contribution is 2.42. The molecule has 0 saturated carbocycles. The fraction of sp³-hybridized carbons (Fsp3) is 0.0345. The zero-order valence-electron chi connectivity index (χ0n) is 33.3. The number of allylic oxidation sites excluding steroid dienone is 1. The average Bonchev–Trinajstić information content (AvgIpc) is 3.72. The second-order valence-electron chi connectivity index (χ2n) is 16.0. The number of hydrogen-bond acceptors (Lipinski definition) is 3. The lowest BCUT2D eigenvalue weighted by Crippen LogP contribution is -2.00. The number of nitrogens with zero attached hydrogens (tertiary/aromatic N) is 2. The van der Waals surface area contributed by atoms with E-state index in [2.05, 4.69) is 200 Å². The van der Waals surface area contributed by atoms with E-state index >= 15 is 0 Å². The highest BCUT2D eigenvalue weighted by Gasteiger charge is 2.20. The number of benzene rings is 9. The van der Waals surface area contributed by atoms with Crippen LogP contribution in [0.2, 0.25) is 0 Å². The Bertz CT molecular complexity index is 3490. The number of hydrogen-bond donors (Lipinski definition) is 0. The molecule has 0 fully saturated rings. The van der Waals surface area contributed by atoms with Crippen LogP contribution in [-0.2, 0) is 6.42 Å². The Morgan fingerprint density at radius 3 is 1.70 bits per heavy atom. The van der Waals surface area contributed by atoms with Crippen molar-refractivity contribution in [2.24, 2.45) is 0 Å². The Morgan fingerprint density at radius 1 is 0.410 bits per heavy atom. The minimum absolute atomic E-state index is 0.843. The fourth-order valence-electron chi connectivity index (χ4n) is 9.29. The molecule has 0 unspecified atom stereocenters. The van der Waals surface area contributed by atoms with Crippen LogP contribution in [0.1, 0.15) is 17.5 Å². The van der Waals surface area contributed by atoms with E-state index in [4.69, 9.17) is 14.4 Å². The quantitative estimate of drug-likeness (QED) is 0.158. The van der Waals surface area contributed by atoms with Crippen LogP contribution in [0.15, 0.2) is 205 Å². The average molecular weight is 779 g/mol. The monoisotopic (exact) mass is 778 g/mol. The third kappa shape index (κ3) is 6.13. The van der Waals surface area contributed by atoms with Gasteiger partial charge in [-0.2, -0.15) is 0 Å². The summed E-state index contributed by atoms with van der Waals surface area (Å²) in [6.07, 6.45) is 8.49. The summed E-state index contributed by atoms with van der Waals surface area (Å²) in [5.41, 5.74) is 19.5. The number of fused-ring (bicyclic) bond motifs is 9. The van der Waals surface area contributed by atoms with Gasteiger partial charge in [-0.05, 0) is 104 Å². The van der Waals surface area contributed by atoms with Crippen LogP contribution in [0.5, 0.6) is 0 Å². The third-order valence-corrected chi connectivity index (χ3v) is 12.4. The number of furan rings is 1. The standard InChI is InChI=1S/C58H38N2O/c1-3-12-37(13-4-1)39-22-26-41(27-23-39)43-30-31-55-52(33-43)53-35-46(42-28-24-40(25-29-42)38-14-5-2-6-15-38)34-51(58(53)61-55)44-16-11-17-45(32-44)54-36-59-56-49-20-9-7-18-47(49)48-19-8-10-21-50(48)57(56)60-54/h1-6,8-17,19-36H,7,18H2. The minimum Gasteiger partial charge on any atom is -0.455 e. The van der Waals surface area contributed by atoms with Crippen molar-refractivity contribution in [3.63, 3.8) is 0 Å². The Kier molecular flexibility index (Phi) is 8.31. The van der Waals surface area contributed by atoms with E-state index < -0.39 is 0 Å². The molecule has 0 aliphatic heterocycles. The minimum atomic E-state index is 0.843. The lowest BCUT2D eigenvalue weighted by atomic mass is 9.90. The van der Waals surface area contributed by atoms with Gasteiger partial charge in [0, 0.05) is 32.8 Å². The first-order valence-electron chi connectivity index (χ1n) is 21.0. The second kappa shape index (κ2) is 14.4. The van der Waals surface area contributed by atoms with Gasteiger partial charge in [0.15, 0.2) is 0 Å². The summed E-state index contributed by atoms with van der Waals surface area (Å²) < 4.78 is 6.84. The van der Waals surface area contributed by atoms with Crippen molar-refractivity contribution in [2.45, 2.75) is 12.8 Å². The van der Waals surface area contributed by atoms with Crippen molar-refractivity contribution in [1.82, 2.24) is 9.97 Å². The molecule has 61 heavy (non-hydrogen) atoms. The van der Waals surface area contributed by atoms with Crippen molar-refractivity contribution in [2.75, 3.05) is 0 Å². The molecule has 1 aliphatic carbocycles. The molecule has 0 N–H and O–H groups in total. The maximum atomic E-state index is 6.84. The molecule has 0 bridgehead atoms. The molecule has 0 saturated heterocycles. The molecule has 2 aromatic heterocycles. The van der Waals surface area contributed by atoms with Crippen LogP contribution >= 0.6 is 0 Å². The molecule has 3 heteroatoms. The lowest BCUT2D eigenvalue weighted by molar-refractivity contribution is 0.670. The van der Waals surface area contributed by atoms with E-state index in [9.17, 15) is 0 Å². The van der Waals surface area contributed by atoms with Gasteiger partial charge in [-0.15, -0.1) is 0 Å². The molecule has 2 heterocycles. The number of rotatable bonds is 6. The molecule has 3 nitrogen and oxygen atoms in total. The van der Waals surface area contributed by atoms with Crippen LogP contribution < -0.4 is 0 Å². The first kappa shape index (κ1) is 35.1. The van der Waals surface area contributed by atoms with Crippen LogP contribution in [0.25, 0.3) is 117 Å². The van der Waals surface area contributed by atoms with Gasteiger partial charge in [0.05, 0.1) is 22.9 Å². The Labute approximate surface area is 353 Å². The predicted octanol–water partition coefficient (Wildman–Crippen LogP) is 15.6. The van der Waals surface area contributed by atoms with Crippen LogP contribution in [-0.4, -0.2) is 9.97 Å². The summed E-state index contributed by atoms with van der Waals surface area (Å²) >= 11 is 0. The maximum absolute atomic E-state index is 6.84. The Morgan fingerprint density at radius 2 is 0.984 bits per heavy atom. The van der Waals surface area contributed by atoms with Gasteiger partial charge in [-0.25, -0.2) is 4.98 Å². The summed E-state index contributed by atoms with van der Waals surface area (Å²) in [4.78, 5) is 10.5. The van der Waals surface area contributed by atoms with E-state index in [-0.39, 0.29) is 0 Å². The third-order valence-electron chi connectivity index (χ3n) is 12.4.